The maximum absolute atomic E-state index is 5.89. The minimum absolute atomic E-state index is 0.0207. The molecule has 3 aromatic rings. The third-order valence-electron chi connectivity index (χ3n) is 7.06. The van der Waals surface area contributed by atoms with Gasteiger partial charge in [-0.2, -0.15) is 0 Å². The van der Waals surface area contributed by atoms with E-state index in [0.29, 0.717) is 0 Å². The summed E-state index contributed by atoms with van der Waals surface area (Å²) in [5.74, 6) is 0.846. The van der Waals surface area contributed by atoms with Gasteiger partial charge >= 0.3 is 0 Å². The lowest BCUT2D eigenvalue weighted by atomic mass is 9.96. The second kappa shape index (κ2) is 10.4. The minimum atomic E-state index is -0.0207. The molecule has 2 aliphatic heterocycles. The van der Waals surface area contributed by atoms with E-state index in [1.807, 2.05) is 30.5 Å². The Morgan fingerprint density at radius 3 is 2.66 bits per heavy atom. The van der Waals surface area contributed by atoms with Gasteiger partial charge in [0.25, 0.3) is 0 Å². The van der Waals surface area contributed by atoms with Crippen LogP contribution in [0, 0.1) is 13.8 Å². The number of rotatable bonds is 7. The molecule has 0 amide bonds. The van der Waals surface area contributed by atoms with Gasteiger partial charge in [-0.3, -0.25) is 9.88 Å². The van der Waals surface area contributed by atoms with Gasteiger partial charge in [-0.25, -0.2) is 0 Å². The Balaban J connectivity index is 1.52. The summed E-state index contributed by atoms with van der Waals surface area (Å²) in [6, 6.07) is 16.6. The average Bonchev–Trinajstić information content (AvgIpc) is 3.38. The van der Waals surface area contributed by atoms with E-state index in [2.05, 4.69) is 57.8 Å². The van der Waals surface area contributed by atoms with Crippen molar-refractivity contribution in [1.29, 1.82) is 0 Å². The van der Waals surface area contributed by atoms with Crippen LogP contribution in [0.1, 0.15) is 34.7 Å². The number of ether oxygens (including phenoxy) is 2. The molecule has 2 saturated heterocycles. The van der Waals surface area contributed by atoms with Gasteiger partial charge in [0.2, 0.25) is 0 Å². The van der Waals surface area contributed by atoms with Crippen molar-refractivity contribution in [3.8, 4) is 11.4 Å². The fourth-order valence-corrected chi connectivity index (χ4v) is 5.62. The van der Waals surface area contributed by atoms with Gasteiger partial charge in [0.1, 0.15) is 5.75 Å². The first-order valence-corrected chi connectivity index (χ1v) is 12.6. The lowest BCUT2D eigenvalue weighted by molar-refractivity contribution is 0.0350. The van der Waals surface area contributed by atoms with Crippen LogP contribution in [-0.4, -0.2) is 71.0 Å². The monoisotopic (exact) mass is 491 g/mol. The van der Waals surface area contributed by atoms with E-state index in [1.54, 1.807) is 7.11 Å². The topological polar surface area (TPSA) is 54.8 Å². The normalized spacial score (nSPS) is 20.8. The Labute approximate surface area is 212 Å². The Morgan fingerprint density at radius 2 is 1.91 bits per heavy atom. The summed E-state index contributed by atoms with van der Waals surface area (Å²) in [7, 11) is 1.70. The van der Waals surface area contributed by atoms with Crippen LogP contribution >= 0.6 is 12.2 Å². The Kier molecular flexibility index (Phi) is 7.04. The maximum Gasteiger partial charge on any atom is 0.170 e. The number of hydrogen-bond donors (Lipinski definition) is 1. The van der Waals surface area contributed by atoms with E-state index in [-0.39, 0.29) is 12.1 Å². The SMILES string of the molecule is COc1cccc(-n2c(C)cc([C@@H]3[C@@H](c4ccccn4)NC(=S)N3CCN3CCOCC3)c2C)c1. The average molecular weight is 492 g/mol. The molecule has 2 aliphatic rings. The van der Waals surface area contributed by atoms with E-state index in [1.165, 1.54) is 17.0 Å². The summed E-state index contributed by atoms with van der Waals surface area (Å²) in [6.07, 6.45) is 1.85. The molecule has 7 nitrogen and oxygen atoms in total. The molecule has 0 unspecified atom stereocenters. The van der Waals surface area contributed by atoms with Crippen LogP contribution < -0.4 is 10.1 Å². The molecule has 184 valence electrons. The highest BCUT2D eigenvalue weighted by molar-refractivity contribution is 7.80. The van der Waals surface area contributed by atoms with Crippen LogP contribution in [0.3, 0.4) is 0 Å². The van der Waals surface area contributed by atoms with Crippen LogP contribution in [0.5, 0.6) is 5.75 Å². The van der Waals surface area contributed by atoms with Crippen molar-refractivity contribution in [1.82, 2.24) is 24.7 Å². The summed E-state index contributed by atoms with van der Waals surface area (Å²) >= 11 is 5.89. The number of benzene rings is 1. The number of aryl methyl sites for hydroxylation is 1. The zero-order chi connectivity index (χ0) is 24.4. The first kappa shape index (κ1) is 23.8. The molecule has 2 aromatic heterocycles. The van der Waals surface area contributed by atoms with E-state index in [0.717, 1.165) is 61.6 Å². The fourth-order valence-electron chi connectivity index (χ4n) is 5.29. The van der Waals surface area contributed by atoms with E-state index in [9.17, 15) is 0 Å². The number of nitrogens with one attached hydrogen (secondary N) is 1. The van der Waals surface area contributed by atoms with Crippen molar-refractivity contribution >= 4 is 17.3 Å². The molecule has 0 bridgehead atoms. The summed E-state index contributed by atoms with van der Waals surface area (Å²) in [5, 5.41) is 4.38. The largest absolute Gasteiger partial charge is 0.497 e. The Morgan fingerprint density at radius 1 is 1.09 bits per heavy atom. The van der Waals surface area contributed by atoms with Crippen LogP contribution in [0.4, 0.5) is 0 Å². The molecule has 35 heavy (non-hydrogen) atoms. The van der Waals surface area contributed by atoms with Crippen LogP contribution in [-0.2, 0) is 4.74 Å². The summed E-state index contributed by atoms with van der Waals surface area (Å²) in [4.78, 5) is 9.50. The number of aromatic nitrogens is 2. The van der Waals surface area contributed by atoms with Crippen molar-refractivity contribution in [2.24, 2.45) is 0 Å². The minimum Gasteiger partial charge on any atom is -0.497 e. The van der Waals surface area contributed by atoms with Gasteiger partial charge in [0.15, 0.2) is 5.11 Å². The lowest BCUT2D eigenvalue weighted by Crippen LogP contribution is -2.42. The van der Waals surface area contributed by atoms with Gasteiger partial charge in [-0.1, -0.05) is 12.1 Å². The number of nitrogens with zero attached hydrogens (tertiary/aromatic N) is 4. The van der Waals surface area contributed by atoms with Gasteiger partial charge < -0.3 is 24.3 Å². The second-order valence-electron chi connectivity index (χ2n) is 9.14. The predicted molar refractivity (Wildman–Crippen MR) is 141 cm³/mol. The summed E-state index contributed by atoms with van der Waals surface area (Å²) in [6.45, 7) is 9.67. The fraction of sp³-hybridized carbons (Fsp3) is 0.407. The molecule has 0 spiro atoms. The summed E-state index contributed by atoms with van der Waals surface area (Å²) in [5.41, 5.74) is 5.73. The number of pyridine rings is 1. The van der Waals surface area contributed by atoms with Crippen molar-refractivity contribution in [3.63, 3.8) is 0 Å². The zero-order valence-electron chi connectivity index (χ0n) is 20.6. The molecule has 8 heteroatoms. The zero-order valence-corrected chi connectivity index (χ0v) is 21.4. The first-order valence-electron chi connectivity index (χ1n) is 12.2. The highest BCUT2D eigenvalue weighted by atomic mass is 32.1. The van der Waals surface area contributed by atoms with Crippen molar-refractivity contribution in [3.05, 3.63) is 77.4 Å². The third-order valence-corrected chi connectivity index (χ3v) is 7.41. The Bertz CT molecular complexity index is 1180. The molecule has 4 heterocycles. The highest BCUT2D eigenvalue weighted by Crippen LogP contribution is 2.41. The van der Waals surface area contributed by atoms with Gasteiger partial charge in [0, 0.05) is 55.5 Å². The summed E-state index contributed by atoms with van der Waals surface area (Å²) < 4.78 is 13.3. The molecule has 1 N–H and O–H groups in total. The third kappa shape index (κ3) is 4.78. The molecule has 2 fully saturated rings. The van der Waals surface area contributed by atoms with Crippen LogP contribution in [0.15, 0.2) is 54.7 Å². The first-order chi connectivity index (χ1) is 17.1. The molecule has 2 atom stereocenters. The van der Waals surface area contributed by atoms with E-state index in [4.69, 9.17) is 26.7 Å². The van der Waals surface area contributed by atoms with Gasteiger partial charge in [-0.15, -0.1) is 0 Å². The lowest BCUT2D eigenvalue weighted by Gasteiger charge is -2.32. The predicted octanol–water partition coefficient (Wildman–Crippen LogP) is 3.80. The second-order valence-corrected chi connectivity index (χ2v) is 9.52. The smallest absolute Gasteiger partial charge is 0.170 e. The molecular formula is C27H33N5O2S. The van der Waals surface area contributed by atoms with Crippen LogP contribution in [0.2, 0.25) is 0 Å². The Hall–Kier alpha value is -2.94. The van der Waals surface area contributed by atoms with Crippen molar-refractivity contribution < 1.29 is 9.47 Å². The number of morpholine rings is 1. The molecule has 0 radical (unpaired) electrons. The number of hydrogen-bond acceptors (Lipinski definition) is 5. The standard InChI is InChI=1S/C27H33N5O2S/c1-19-17-23(20(2)32(19)21-7-6-8-22(18-21)33-3)26-25(24-9-4-5-10-28-24)29-27(35)31(26)12-11-30-13-15-34-16-14-30/h4-10,17-18,25-26H,11-16H2,1-3H3,(H,29,35)/t25-,26-/m1/s1. The van der Waals surface area contributed by atoms with Crippen LogP contribution in [0.25, 0.3) is 5.69 Å². The van der Waals surface area contributed by atoms with E-state index < -0.39 is 0 Å². The number of thiocarbonyl (C=S) groups is 1. The molecule has 5 rings (SSSR count). The van der Waals surface area contributed by atoms with Gasteiger partial charge in [-0.05, 0) is 62.0 Å². The molecule has 0 saturated carbocycles. The van der Waals surface area contributed by atoms with Crippen molar-refractivity contribution in [2.75, 3.05) is 46.5 Å². The van der Waals surface area contributed by atoms with Gasteiger partial charge in [0.05, 0.1) is 38.1 Å². The highest BCUT2D eigenvalue weighted by Gasteiger charge is 2.41. The molecule has 0 aliphatic carbocycles. The quantitative estimate of drug-likeness (QED) is 0.505. The number of methoxy groups -OCH3 is 1. The molecule has 1 aromatic carbocycles. The van der Waals surface area contributed by atoms with Crippen molar-refractivity contribution in [2.45, 2.75) is 25.9 Å². The molecular weight excluding hydrogens is 458 g/mol. The maximum atomic E-state index is 5.89. The van der Waals surface area contributed by atoms with E-state index >= 15 is 0 Å².